The summed E-state index contributed by atoms with van der Waals surface area (Å²) in [5, 5.41) is 12.5. The topological polar surface area (TPSA) is 49.3 Å². The second-order valence-electron chi connectivity index (χ2n) is 5.64. The van der Waals surface area contributed by atoms with E-state index in [0.29, 0.717) is 12.0 Å². The van der Waals surface area contributed by atoms with Gasteiger partial charge in [0.2, 0.25) is 0 Å². The van der Waals surface area contributed by atoms with Crippen LogP contribution >= 0.6 is 0 Å². The van der Waals surface area contributed by atoms with Gasteiger partial charge in [0.05, 0.1) is 0 Å². The van der Waals surface area contributed by atoms with Crippen molar-refractivity contribution in [3.63, 3.8) is 0 Å². The van der Waals surface area contributed by atoms with Gasteiger partial charge in [-0.25, -0.2) is 0 Å². The molecular weight excluding hydrogens is 202 g/mol. The molecule has 0 aromatic heterocycles. The largest absolute Gasteiger partial charge is 0.480 e. The summed E-state index contributed by atoms with van der Waals surface area (Å²) in [6.45, 7) is 6.42. The van der Waals surface area contributed by atoms with E-state index < -0.39 is 5.97 Å². The van der Waals surface area contributed by atoms with Crippen LogP contribution < -0.4 is 5.32 Å². The smallest absolute Gasteiger partial charge is 0.320 e. The molecule has 1 aliphatic rings. The molecule has 1 saturated carbocycles. The summed E-state index contributed by atoms with van der Waals surface area (Å²) in [6.07, 6.45) is 5.44. The molecule has 1 rings (SSSR count). The lowest BCUT2D eigenvalue weighted by Crippen LogP contribution is -2.45. The second-order valence-corrected chi connectivity index (χ2v) is 5.64. The number of aliphatic carboxylic acids is 1. The van der Waals surface area contributed by atoms with Gasteiger partial charge in [-0.15, -0.1) is 0 Å². The molecule has 0 aromatic carbocycles. The van der Waals surface area contributed by atoms with Crippen LogP contribution in [0.25, 0.3) is 0 Å². The first-order valence-corrected chi connectivity index (χ1v) is 6.48. The first-order chi connectivity index (χ1) is 7.49. The van der Waals surface area contributed by atoms with Crippen LogP contribution in [-0.4, -0.2) is 23.2 Å². The molecule has 0 saturated heterocycles. The fourth-order valence-corrected chi connectivity index (χ4v) is 2.42. The maximum atomic E-state index is 11.1. The van der Waals surface area contributed by atoms with Crippen molar-refractivity contribution in [3.05, 3.63) is 0 Å². The normalized spacial score (nSPS) is 28.0. The van der Waals surface area contributed by atoms with Gasteiger partial charge in [-0.2, -0.15) is 0 Å². The molecule has 0 bridgehead atoms. The molecule has 1 atom stereocenters. The predicted octanol–water partition coefficient (Wildman–Crippen LogP) is 2.65. The fourth-order valence-electron chi connectivity index (χ4n) is 2.42. The van der Waals surface area contributed by atoms with Crippen molar-refractivity contribution in [1.82, 2.24) is 5.32 Å². The molecule has 0 amide bonds. The predicted molar refractivity (Wildman–Crippen MR) is 65.4 cm³/mol. The Kier molecular flexibility index (Phi) is 5.26. The van der Waals surface area contributed by atoms with Crippen molar-refractivity contribution in [2.45, 2.75) is 65.0 Å². The third kappa shape index (κ3) is 4.52. The van der Waals surface area contributed by atoms with Gasteiger partial charge in [0, 0.05) is 6.04 Å². The molecule has 2 N–H and O–H groups in total. The van der Waals surface area contributed by atoms with E-state index in [4.69, 9.17) is 5.11 Å². The lowest BCUT2D eigenvalue weighted by Gasteiger charge is -2.30. The molecule has 1 unspecified atom stereocenters. The van der Waals surface area contributed by atoms with Gasteiger partial charge in [0.15, 0.2) is 0 Å². The SMILES string of the molecule is CC(C)CC(NC1CCC(C)CC1)C(=O)O. The first-order valence-electron chi connectivity index (χ1n) is 6.48. The molecule has 1 aliphatic carbocycles. The van der Waals surface area contributed by atoms with Crippen molar-refractivity contribution < 1.29 is 9.90 Å². The van der Waals surface area contributed by atoms with Gasteiger partial charge in [0.25, 0.3) is 0 Å². The molecule has 0 heterocycles. The lowest BCUT2D eigenvalue weighted by atomic mass is 9.86. The van der Waals surface area contributed by atoms with E-state index in [2.05, 4.69) is 26.1 Å². The standard InChI is InChI=1S/C13H25NO2/c1-9(2)8-12(13(15)16)14-11-6-4-10(3)5-7-11/h9-12,14H,4-8H2,1-3H3,(H,15,16). The number of hydrogen-bond acceptors (Lipinski definition) is 2. The average Bonchev–Trinajstić information content (AvgIpc) is 2.19. The Labute approximate surface area is 98.6 Å². The zero-order valence-electron chi connectivity index (χ0n) is 10.7. The van der Waals surface area contributed by atoms with Crippen LogP contribution in [0.15, 0.2) is 0 Å². The summed E-state index contributed by atoms with van der Waals surface area (Å²) in [4.78, 5) is 11.1. The van der Waals surface area contributed by atoms with E-state index in [0.717, 1.165) is 25.2 Å². The molecule has 1 fully saturated rings. The highest BCUT2D eigenvalue weighted by atomic mass is 16.4. The highest BCUT2D eigenvalue weighted by Gasteiger charge is 2.25. The van der Waals surface area contributed by atoms with E-state index in [9.17, 15) is 4.79 Å². The zero-order chi connectivity index (χ0) is 12.1. The molecular formula is C13H25NO2. The molecule has 0 aromatic rings. The van der Waals surface area contributed by atoms with Gasteiger partial charge in [-0.3, -0.25) is 4.79 Å². The van der Waals surface area contributed by atoms with Gasteiger partial charge in [0.1, 0.15) is 6.04 Å². The summed E-state index contributed by atoms with van der Waals surface area (Å²) >= 11 is 0. The average molecular weight is 227 g/mol. The highest BCUT2D eigenvalue weighted by molar-refractivity contribution is 5.73. The Balaban J connectivity index is 2.39. The first kappa shape index (κ1) is 13.5. The molecule has 0 spiro atoms. The molecule has 3 nitrogen and oxygen atoms in total. The lowest BCUT2D eigenvalue weighted by molar-refractivity contribution is -0.140. The maximum absolute atomic E-state index is 11.1. The molecule has 3 heteroatoms. The number of carbonyl (C=O) groups is 1. The Morgan fingerprint density at radius 3 is 2.31 bits per heavy atom. The van der Waals surface area contributed by atoms with Crippen LogP contribution in [0.5, 0.6) is 0 Å². The van der Waals surface area contributed by atoms with Crippen LogP contribution in [0.4, 0.5) is 0 Å². The van der Waals surface area contributed by atoms with Crippen LogP contribution in [0.3, 0.4) is 0 Å². The summed E-state index contributed by atoms with van der Waals surface area (Å²) < 4.78 is 0. The number of nitrogens with one attached hydrogen (secondary N) is 1. The minimum absolute atomic E-state index is 0.363. The Morgan fingerprint density at radius 2 is 1.88 bits per heavy atom. The minimum Gasteiger partial charge on any atom is -0.480 e. The van der Waals surface area contributed by atoms with Crippen LogP contribution in [0, 0.1) is 11.8 Å². The Bertz CT molecular complexity index is 220. The summed E-state index contributed by atoms with van der Waals surface area (Å²) in [6, 6.07) is 0.0504. The van der Waals surface area contributed by atoms with Crippen LogP contribution in [-0.2, 0) is 4.79 Å². The Hall–Kier alpha value is -0.570. The van der Waals surface area contributed by atoms with Gasteiger partial charge in [-0.05, 0) is 43.9 Å². The van der Waals surface area contributed by atoms with E-state index in [1.165, 1.54) is 12.8 Å². The molecule has 94 valence electrons. The molecule has 0 radical (unpaired) electrons. The number of hydrogen-bond donors (Lipinski definition) is 2. The van der Waals surface area contributed by atoms with Crippen molar-refractivity contribution in [1.29, 1.82) is 0 Å². The van der Waals surface area contributed by atoms with Gasteiger partial charge >= 0.3 is 5.97 Å². The third-order valence-electron chi connectivity index (χ3n) is 3.46. The monoisotopic (exact) mass is 227 g/mol. The van der Waals surface area contributed by atoms with E-state index in [1.54, 1.807) is 0 Å². The van der Waals surface area contributed by atoms with Crippen molar-refractivity contribution in [3.8, 4) is 0 Å². The van der Waals surface area contributed by atoms with Gasteiger partial charge in [-0.1, -0.05) is 20.8 Å². The highest BCUT2D eigenvalue weighted by Crippen LogP contribution is 2.24. The summed E-state index contributed by atoms with van der Waals surface area (Å²) in [5.74, 6) is 0.537. The molecule has 16 heavy (non-hydrogen) atoms. The zero-order valence-corrected chi connectivity index (χ0v) is 10.7. The third-order valence-corrected chi connectivity index (χ3v) is 3.46. The minimum atomic E-state index is -0.702. The van der Waals surface area contributed by atoms with E-state index >= 15 is 0 Å². The fraction of sp³-hybridized carbons (Fsp3) is 0.923. The van der Waals surface area contributed by atoms with Crippen LogP contribution in [0.1, 0.15) is 52.9 Å². The maximum Gasteiger partial charge on any atom is 0.320 e. The summed E-state index contributed by atoms with van der Waals surface area (Å²) in [5.41, 5.74) is 0. The van der Waals surface area contributed by atoms with Crippen LogP contribution in [0.2, 0.25) is 0 Å². The Morgan fingerprint density at radius 1 is 1.31 bits per heavy atom. The van der Waals surface area contributed by atoms with Gasteiger partial charge < -0.3 is 10.4 Å². The number of carboxylic acid groups (broad SMARTS) is 1. The van der Waals surface area contributed by atoms with E-state index in [1.807, 2.05) is 0 Å². The quantitative estimate of drug-likeness (QED) is 0.759. The summed E-state index contributed by atoms with van der Waals surface area (Å²) in [7, 11) is 0. The van der Waals surface area contributed by atoms with E-state index in [-0.39, 0.29) is 6.04 Å². The van der Waals surface area contributed by atoms with Crippen molar-refractivity contribution >= 4 is 5.97 Å². The van der Waals surface area contributed by atoms with Crippen molar-refractivity contribution in [2.75, 3.05) is 0 Å². The molecule has 0 aliphatic heterocycles. The number of carboxylic acids is 1. The van der Waals surface area contributed by atoms with Crippen molar-refractivity contribution in [2.24, 2.45) is 11.8 Å². The second kappa shape index (κ2) is 6.24. The number of rotatable bonds is 5.